The molecule has 0 unspecified atom stereocenters. The number of carbonyl (C=O) groups is 1. The molecule has 0 aliphatic heterocycles. The number of benzene rings is 1. The number of nitrogens with zero attached hydrogens (tertiary/aromatic N) is 2. The molecule has 1 aromatic carbocycles. The van der Waals surface area contributed by atoms with Crippen LogP contribution < -0.4 is 0 Å². The summed E-state index contributed by atoms with van der Waals surface area (Å²) in [5.74, 6) is 0. The van der Waals surface area contributed by atoms with Crippen molar-refractivity contribution in [1.29, 1.82) is 0 Å². The molecule has 0 bridgehead atoms. The van der Waals surface area contributed by atoms with Crippen LogP contribution in [0.2, 0.25) is 0 Å². The van der Waals surface area contributed by atoms with Gasteiger partial charge in [-0.25, -0.2) is 4.98 Å². The second kappa shape index (κ2) is 2.91. The lowest BCUT2D eigenvalue weighted by atomic mass is 10.1. The van der Waals surface area contributed by atoms with Crippen LogP contribution in [0.15, 0.2) is 18.5 Å². The maximum atomic E-state index is 10.7. The molecule has 70 valence electrons. The summed E-state index contributed by atoms with van der Waals surface area (Å²) < 4.78 is 0. The van der Waals surface area contributed by atoms with Gasteiger partial charge in [0.25, 0.3) is 0 Å². The predicted octanol–water partition coefficient (Wildman–Crippen LogP) is 1.28. The molecule has 0 aliphatic rings. The topological polar surface area (TPSA) is 88.9 Å². The van der Waals surface area contributed by atoms with Gasteiger partial charge in [0.2, 0.25) is 0 Å². The average molecular weight is 191 g/mol. The zero-order valence-corrected chi connectivity index (χ0v) is 6.93. The summed E-state index contributed by atoms with van der Waals surface area (Å²) in [6.45, 7) is 0. The second-order valence-electron chi connectivity index (χ2n) is 2.68. The monoisotopic (exact) mass is 191 g/mol. The van der Waals surface area contributed by atoms with E-state index < -0.39 is 4.92 Å². The van der Waals surface area contributed by atoms with Gasteiger partial charge in [-0.1, -0.05) is 0 Å². The molecule has 1 aromatic heterocycles. The lowest BCUT2D eigenvalue weighted by Crippen LogP contribution is -1.95. The third-order valence-corrected chi connectivity index (χ3v) is 1.91. The molecular weight excluding hydrogens is 186 g/mol. The molecule has 0 spiro atoms. The van der Waals surface area contributed by atoms with E-state index in [2.05, 4.69) is 9.97 Å². The van der Waals surface area contributed by atoms with Gasteiger partial charge >= 0.3 is 5.69 Å². The quantitative estimate of drug-likeness (QED) is 0.440. The van der Waals surface area contributed by atoms with E-state index in [1.165, 1.54) is 12.4 Å². The molecule has 1 heterocycles. The minimum absolute atomic E-state index is 0.0367. The number of aromatic nitrogens is 2. The number of hydrogen-bond acceptors (Lipinski definition) is 4. The Hall–Kier alpha value is -2.24. The zero-order valence-electron chi connectivity index (χ0n) is 6.93. The van der Waals surface area contributed by atoms with E-state index in [1.807, 2.05) is 0 Å². The van der Waals surface area contributed by atoms with Crippen LogP contribution in [0.4, 0.5) is 5.69 Å². The number of nitrogens with one attached hydrogen (secondary N) is 1. The van der Waals surface area contributed by atoms with Crippen LogP contribution in [0.1, 0.15) is 10.4 Å². The molecule has 6 nitrogen and oxygen atoms in total. The van der Waals surface area contributed by atoms with Crippen LogP contribution in [0, 0.1) is 10.1 Å². The Balaban J connectivity index is 2.88. The number of aldehydes is 1. The maximum absolute atomic E-state index is 10.7. The number of nitro benzene ring substituents is 1. The van der Waals surface area contributed by atoms with Crippen LogP contribution in [-0.4, -0.2) is 21.2 Å². The summed E-state index contributed by atoms with van der Waals surface area (Å²) in [6.07, 6.45) is 1.80. The van der Waals surface area contributed by atoms with Crippen molar-refractivity contribution in [3.8, 4) is 0 Å². The number of carbonyl (C=O) groups excluding carboxylic acids is 1. The largest absolute Gasteiger partial charge is 0.344 e. The van der Waals surface area contributed by atoms with Crippen molar-refractivity contribution < 1.29 is 9.72 Å². The Labute approximate surface area is 77.7 Å². The van der Waals surface area contributed by atoms with Crippen molar-refractivity contribution in [2.75, 3.05) is 0 Å². The van der Waals surface area contributed by atoms with E-state index in [-0.39, 0.29) is 16.8 Å². The smallest absolute Gasteiger partial charge is 0.307 e. The molecule has 0 saturated heterocycles. The Morgan fingerprint density at radius 2 is 2.29 bits per heavy atom. The minimum atomic E-state index is -0.604. The van der Waals surface area contributed by atoms with E-state index in [0.29, 0.717) is 11.8 Å². The highest BCUT2D eigenvalue weighted by atomic mass is 16.6. The summed E-state index contributed by atoms with van der Waals surface area (Å²) in [6, 6.07) is 2.98. The number of rotatable bonds is 2. The fourth-order valence-corrected chi connectivity index (χ4v) is 1.30. The number of aromatic amines is 1. The van der Waals surface area contributed by atoms with E-state index in [9.17, 15) is 14.9 Å². The van der Waals surface area contributed by atoms with Crippen LogP contribution in [0.5, 0.6) is 0 Å². The van der Waals surface area contributed by atoms with Gasteiger partial charge in [-0.2, -0.15) is 0 Å². The number of hydrogen-bond donors (Lipinski definition) is 1. The van der Waals surface area contributed by atoms with Gasteiger partial charge in [-0.3, -0.25) is 14.9 Å². The summed E-state index contributed by atoms with van der Waals surface area (Å²) in [5, 5.41) is 10.7. The molecule has 6 heteroatoms. The predicted molar refractivity (Wildman–Crippen MR) is 48.1 cm³/mol. The van der Waals surface area contributed by atoms with Crippen LogP contribution in [0.3, 0.4) is 0 Å². The second-order valence-corrected chi connectivity index (χ2v) is 2.68. The van der Waals surface area contributed by atoms with Crippen LogP contribution >= 0.6 is 0 Å². The first-order valence-corrected chi connectivity index (χ1v) is 3.79. The van der Waals surface area contributed by atoms with Crippen molar-refractivity contribution in [1.82, 2.24) is 9.97 Å². The fourth-order valence-electron chi connectivity index (χ4n) is 1.30. The average Bonchev–Trinajstić information content (AvgIpc) is 2.62. The van der Waals surface area contributed by atoms with Crippen LogP contribution in [0.25, 0.3) is 11.0 Å². The molecule has 2 aromatic rings. The first-order chi connectivity index (χ1) is 6.74. The SMILES string of the molecule is O=Cc1ccc2[nH]cnc2c1[N+](=O)[O-]. The Morgan fingerprint density at radius 1 is 1.50 bits per heavy atom. The third-order valence-electron chi connectivity index (χ3n) is 1.91. The highest BCUT2D eigenvalue weighted by Crippen LogP contribution is 2.25. The van der Waals surface area contributed by atoms with Gasteiger partial charge in [0, 0.05) is 0 Å². The Kier molecular flexibility index (Phi) is 1.74. The molecule has 0 atom stereocenters. The van der Waals surface area contributed by atoms with E-state index in [4.69, 9.17) is 0 Å². The first kappa shape index (κ1) is 8.36. The normalized spacial score (nSPS) is 10.3. The molecule has 14 heavy (non-hydrogen) atoms. The molecule has 0 amide bonds. The van der Waals surface area contributed by atoms with E-state index in [1.54, 1.807) is 6.07 Å². The number of fused-ring (bicyclic) bond motifs is 1. The fraction of sp³-hybridized carbons (Fsp3) is 0. The number of H-pyrrole nitrogens is 1. The summed E-state index contributed by atoms with van der Waals surface area (Å²) in [4.78, 5) is 27.2. The van der Waals surface area contributed by atoms with Crippen molar-refractivity contribution in [3.05, 3.63) is 34.1 Å². The van der Waals surface area contributed by atoms with Crippen LogP contribution in [-0.2, 0) is 0 Å². The standard InChI is InChI=1S/C8H5N3O3/c12-3-5-1-2-6-7(10-4-9-6)8(5)11(13)14/h1-4H,(H,9,10). The maximum Gasteiger partial charge on any atom is 0.307 e. The first-order valence-electron chi connectivity index (χ1n) is 3.79. The highest BCUT2D eigenvalue weighted by Gasteiger charge is 2.19. The van der Waals surface area contributed by atoms with Gasteiger partial charge in [0.05, 0.1) is 22.3 Å². The molecule has 1 N–H and O–H groups in total. The van der Waals surface area contributed by atoms with Gasteiger partial charge < -0.3 is 4.98 Å². The highest BCUT2D eigenvalue weighted by molar-refractivity contribution is 5.95. The summed E-state index contributed by atoms with van der Waals surface area (Å²) in [7, 11) is 0. The van der Waals surface area contributed by atoms with Crippen molar-refractivity contribution in [3.63, 3.8) is 0 Å². The lowest BCUT2D eigenvalue weighted by Gasteiger charge is -1.95. The Morgan fingerprint density at radius 3 is 2.93 bits per heavy atom. The number of imidazole rings is 1. The van der Waals surface area contributed by atoms with Gasteiger partial charge in [0.1, 0.15) is 0 Å². The molecular formula is C8H5N3O3. The molecule has 0 aliphatic carbocycles. The summed E-state index contributed by atoms with van der Waals surface area (Å²) in [5.41, 5.74) is 0.537. The molecule has 2 rings (SSSR count). The van der Waals surface area contributed by atoms with Crippen molar-refractivity contribution >= 4 is 23.0 Å². The van der Waals surface area contributed by atoms with E-state index in [0.717, 1.165) is 0 Å². The molecule has 0 fully saturated rings. The van der Waals surface area contributed by atoms with Gasteiger partial charge in [-0.15, -0.1) is 0 Å². The lowest BCUT2D eigenvalue weighted by molar-refractivity contribution is -0.383. The van der Waals surface area contributed by atoms with Gasteiger partial charge in [0.15, 0.2) is 11.8 Å². The molecule has 0 saturated carbocycles. The van der Waals surface area contributed by atoms with Crippen molar-refractivity contribution in [2.24, 2.45) is 0 Å². The minimum Gasteiger partial charge on any atom is -0.344 e. The third kappa shape index (κ3) is 1.05. The number of nitro groups is 1. The molecule has 0 radical (unpaired) electrons. The zero-order chi connectivity index (χ0) is 10.1. The summed E-state index contributed by atoms with van der Waals surface area (Å²) >= 11 is 0. The van der Waals surface area contributed by atoms with Gasteiger partial charge in [-0.05, 0) is 12.1 Å². The van der Waals surface area contributed by atoms with Crippen molar-refractivity contribution in [2.45, 2.75) is 0 Å². The Bertz CT molecular complexity index is 518. The van der Waals surface area contributed by atoms with E-state index >= 15 is 0 Å².